The fourth-order valence-electron chi connectivity index (χ4n) is 4.75. The zero-order valence-electron chi connectivity index (χ0n) is 25.1. The molecule has 0 saturated heterocycles. The van der Waals surface area contributed by atoms with Crippen molar-refractivity contribution < 1.29 is 22.8 Å². The van der Waals surface area contributed by atoms with Gasteiger partial charge in [-0.05, 0) is 61.1 Å². The summed E-state index contributed by atoms with van der Waals surface area (Å²) in [5, 5.41) is 5.64. The third-order valence-corrected chi connectivity index (χ3v) is 9.63. The van der Waals surface area contributed by atoms with E-state index in [9.17, 15) is 22.8 Å². The Bertz CT molecular complexity index is 1340. The van der Waals surface area contributed by atoms with Gasteiger partial charge in [-0.25, -0.2) is 13.2 Å². The third-order valence-electron chi connectivity index (χ3n) is 6.65. The first kappa shape index (κ1) is 32.7. The summed E-state index contributed by atoms with van der Waals surface area (Å²) in [5.41, 5.74) is 1.42. The minimum Gasteiger partial charge on any atom is -0.331 e. The smallest absolute Gasteiger partial charge is 0.323 e. The Balaban J connectivity index is 1.88. The fourth-order valence-corrected chi connectivity index (χ4v) is 7.80. The zero-order valence-corrected chi connectivity index (χ0v) is 26.7. The highest BCUT2D eigenvalue weighted by molar-refractivity contribution is 7.89. The lowest BCUT2D eigenvalue weighted by Gasteiger charge is -2.26. The van der Waals surface area contributed by atoms with E-state index in [-0.39, 0.29) is 22.3 Å². The van der Waals surface area contributed by atoms with Gasteiger partial charge >= 0.3 is 6.03 Å². The van der Waals surface area contributed by atoms with Gasteiger partial charge in [0.15, 0.2) is 0 Å². The first-order valence-corrected chi connectivity index (χ1v) is 16.3. The molecule has 2 N–H and O–H groups in total. The van der Waals surface area contributed by atoms with E-state index in [0.29, 0.717) is 36.6 Å². The number of benzene rings is 1. The quantitative estimate of drug-likeness (QED) is 0.390. The SMILES string of the molecule is CCCN1CCc2c(sc(NC(=O)c3ccc(S(=O)(=O)N(CC(C)C)CC(C)C)cc3)c2C(=O)NC(=O)N(C)C)C1. The van der Waals surface area contributed by atoms with Gasteiger partial charge in [-0.3, -0.25) is 19.8 Å². The van der Waals surface area contributed by atoms with Crippen LogP contribution in [0.5, 0.6) is 0 Å². The van der Waals surface area contributed by atoms with Crippen molar-refractivity contribution in [2.75, 3.05) is 45.6 Å². The monoisotopic (exact) mass is 605 g/mol. The molecular formula is C29H43N5O5S2. The summed E-state index contributed by atoms with van der Waals surface area (Å²) in [4.78, 5) is 43.5. The van der Waals surface area contributed by atoms with Crippen LogP contribution in [0.3, 0.4) is 0 Å². The van der Waals surface area contributed by atoms with Gasteiger partial charge in [-0.2, -0.15) is 4.31 Å². The number of imide groups is 1. The van der Waals surface area contributed by atoms with Gasteiger partial charge in [0.2, 0.25) is 10.0 Å². The summed E-state index contributed by atoms with van der Waals surface area (Å²) in [5.74, 6) is -0.693. The predicted molar refractivity (Wildman–Crippen MR) is 163 cm³/mol. The number of carbonyl (C=O) groups is 3. The lowest BCUT2D eigenvalue weighted by molar-refractivity contribution is 0.0956. The molecule has 0 spiro atoms. The number of anilines is 1. The van der Waals surface area contributed by atoms with Crippen LogP contribution in [0.15, 0.2) is 29.2 Å². The van der Waals surface area contributed by atoms with E-state index in [0.717, 1.165) is 30.0 Å². The number of sulfonamides is 1. The van der Waals surface area contributed by atoms with Crippen molar-refractivity contribution in [1.29, 1.82) is 0 Å². The topological polar surface area (TPSA) is 119 Å². The van der Waals surface area contributed by atoms with Gasteiger partial charge < -0.3 is 10.2 Å². The van der Waals surface area contributed by atoms with Crippen LogP contribution < -0.4 is 10.6 Å². The predicted octanol–water partition coefficient (Wildman–Crippen LogP) is 4.48. The van der Waals surface area contributed by atoms with Crippen molar-refractivity contribution in [3.8, 4) is 0 Å². The molecule has 2 heterocycles. The van der Waals surface area contributed by atoms with E-state index in [1.165, 1.54) is 44.8 Å². The summed E-state index contributed by atoms with van der Waals surface area (Å²) in [6, 6.07) is 5.32. The normalized spacial score (nSPS) is 13.9. The highest BCUT2D eigenvalue weighted by Gasteiger charge is 2.30. The molecule has 12 heteroatoms. The number of rotatable bonds is 11. The van der Waals surface area contributed by atoms with Crippen LogP contribution in [0.4, 0.5) is 9.80 Å². The third kappa shape index (κ3) is 8.15. The summed E-state index contributed by atoms with van der Waals surface area (Å²) in [6.45, 7) is 13.2. The number of fused-ring (bicyclic) bond motifs is 1. The van der Waals surface area contributed by atoms with Crippen molar-refractivity contribution in [3.05, 3.63) is 45.8 Å². The standard InChI is InChI=1S/C29H43N5O5S2/c1-8-14-33-15-13-23-24(18-33)40-28(25(23)27(36)31-29(37)32(6)7)30-26(35)21-9-11-22(12-10-21)41(38,39)34(16-19(2)3)17-20(4)5/h9-12,19-20H,8,13-18H2,1-7H3,(H,30,35)(H,31,36,37). The van der Waals surface area contributed by atoms with Crippen LogP contribution in [0.25, 0.3) is 0 Å². The van der Waals surface area contributed by atoms with Crippen LogP contribution in [-0.2, 0) is 23.0 Å². The number of nitrogens with one attached hydrogen (secondary N) is 2. The highest BCUT2D eigenvalue weighted by atomic mass is 32.2. The number of urea groups is 1. The molecule has 10 nitrogen and oxygen atoms in total. The molecule has 1 aromatic carbocycles. The van der Waals surface area contributed by atoms with Gasteiger partial charge in [-0.1, -0.05) is 34.6 Å². The molecule has 226 valence electrons. The summed E-state index contributed by atoms with van der Waals surface area (Å²) >= 11 is 1.34. The van der Waals surface area contributed by atoms with E-state index in [1.807, 2.05) is 27.7 Å². The molecule has 0 radical (unpaired) electrons. The zero-order chi connectivity index (χ0) is 30.5. The molecule has 1 aliphatic rings. The van der Waals surface area contributed by atoms with E-state index < -0.39 is 27.9 Å². The Kier molecular flexibility index (Phi) is 11.1. The summed E-state index contributed by atoms with van der Waals surface area (Å²) < 4.78 is 28.2. The Morgan fingerprint density at radius 3 is 2.15 bits per heavy atom. The molecular weight excluding hydrogens is 562 g/mol. The molecule has 0 saturated carbocycles. The van der Waals surface area contributed by atoms with E-state index >= 15 is 0 Å². The maximum Gasteiger partial charge on any atom is 0.323 e. The van der Waals surface area contributed by atoms with E-state index in [1.54, 1.807) is 14.1 Å². The van der Waals surface area contributed by atoms with Crippen molar-refractivity contribution in [1.82, 2.24) is 19.4 Å². The van der Waals surface area contributed by atoms with Crippen LogP contribution >= 0.6 is 11.3 Å². The van der Waals surface area contributed by atoms with Crippen LogP contribution in [0, 0.1) is 11.8 Å². The number of carbonyl (C=O) groups excluding carboxylic acids is 3. The second-order valence-corrected chi connectivity index (χ2v) is 14.5. The Morgan fingerprint density at radius 2 is 1.61 bits per heavy atom. The Hall–Kier alpha value is -2.80. The molecule has 0 unspecified atom stereocenters. The fraction of sp³-hybridized carbons (Fsp3) is 0.552. The molecule has 0 bridgehead atoms. The molecule has 3 rings (SSSR count). The van der Waals surface area contributed by atoms with Crippen molar-refractivity contribution in [3.63, 3.8) is 0 Å². The summed E-state index contributed by atoms with van der Waals surface area (Å²) in [6.07, 6.45) is 1.64. The molecule has 0 aliphatic carbocycles. The average molecular weight is 606 g/mol. The van der Waals surface area contributed by atoms with Gasteiger partial charge in [-0.15, -0.1) is 11.3 Å². The minimum atomic E-state index is -3.73. The van der Waals surface area contributed by atoms with Crippen molar-refractivity contribution in [2.45, 2.75) is 58.9 Å². The second kappa shape index (κ2) is 13.9. The van der Waals surface area contributed by atoms with Gasteiger partial charge in [0, 0.05) is 50.7 Å². The average Bonchev–Trinajstić information content (AvgIpc) is 3.24. The van der Waals surface area contributed by atoms with Crippen molar-refractivity contribution in [2.24, 2.45) is 11.8 Å². The second-order valence-electron chi connectivity index (χ2n) is 11.5. The molecule has 41 heavy (non-hydrogen) atoms. The number of hydrogen-bond acceptors (Lipinski definition) is 7. The van der Waals surface area contributed by atoms with Gasteiger partial charge in [0.05, 0.1) is 10.5 Å². The first-order chi connectivity index (χ1) is 19.2. The van der Waals surface area contributed by atoms with Crippen LogP contribution in [-0.4, -0.2) is 80.6 Å². The molecule has 1 aromatic heterocycles. The maximum atomic E-state index is 13.4. The van der Waals surface area contributed by atoms with E-state index in [2.05, 4.69) is 22.5 Å². The molecule has 0 atom stereocenters. The van der Waals surface area contributed by atoms with Crippen LogP contribution in [0.2, 0.25) is 0 Å². The van der Waals surface area contributed by atoms with E-state index in [4.69, 9.17) is 0 Å². The number of thiophene rings is 1. The first-order valence-electron chi connectivity index (χ1n) is 14.1. The Labute approximate surface area is 248 Å². The lowest BCUT2D eigenvalue weighted by atomic mass is 10.0. The molecule has 4 amide bonds. The number of nitrogens with zero attached hydrogens (tertiary/aromatic N) is 3. The lowest BCUT2D eigenvalue weighted by Crippen LogP contribution is -2.39. The summed E-state index contributed by atoms with van der Waals surface area (Å²) in [7, 11) is -0.636. The van der Waals surface area contributed by atoms with Gasteiger partial charge in [0.25, 0.3) is 11.8 Å². The molecule has 1 aliphatic heterocycles. The van der Waals surface area contributed by atoms with Crippen molar-refractivity contribution >= 4 is 44.2 Å². The largest absolute Gasteiger partial charge is 0.331 e. The highest BCUT2D eigenvalue weighted by Crippen LogP contribution is 2.37. The maximum absolute atomic E-state index is 13.4. The Morgan fingerprint density at radius 1 is 1.00 bits per heavy atom. The molecule has 0 fully saturated rings. The van der Waals surface area contributed by atoms with Crippen LogP contribution in [0.1, 0.15) is 72.2 Å². The number of hydrogen-bond donors (Lipinski definition) is 2. The molecule has 2 aromatic rings. The van der Waals surface area contributed by atoms with Gasteiger partial charge in [0.1, 0.15) is 5.00 Å². The number of amides is 4. The minimum absolute atomic E-state index is 0.125.